The molecule has 0 bridgehead atoms. The van der Waals surface area contributed by atoms with Crippen molar-refractivity contribution in [2.75, 3.05) is 0 Å². The number of hydrogen-bond donors (Lipinski definition) is 0. The third-order valence-electron chi connectivity index (χ3n) is 6.10. The molecule has 0 saturated heterocycles. The van der Waals surface area contributed by atoms with Crippen LogP contribution in [0.25, 0.3) is 33.5 Å². The van der Waals surface area contributed by atoms with E-state index in [2.05, 4.69) is 10.2 Å². The van der Waals surface area contributed by atoms with Crippen molar-refractivity contribution in [3.05, 3.63) is 119 Å². The maximum absolute atomic E-state index is 15.1. The fraction of sp³-hybridized carbons (Fsp3) is 0.0741. The first-order valence-corrected chi connectivity index (χ1v) is 11.0. The average molecular weight is 449 g/mol. The Morgan fingerprint density at radius 1 is 0.941 bits per heavy atom. The van der Waals surface area contributed by atoms with E-state index in [-0.39, 0.29) is 5.56 Å². The summed E-state index contributed by atoms with van der Waals surface area (Å²) in [5, 5.41) is 9.16. The zero-order chi connectivity index (χ0) is 23.2. The van der Waals surface area contributed by atoms with Gasteiger partial charge in [-0.05, 0) is 54.4 Å². The fourth-order valence-electron chi connectivity index (χ4n) is 4.40. The van der Waals surface area contributed by atoms with Crippen LogP contribution in [0.15, 0.2) is 96.2 Å². The Morgan fingerprint density at radius 2 is 1.76 bits per heavy atom. The van der Waals surface area contributed by atoms with Crippen molar-refractivity contribution in [1.29, 1.82) is 0 Å². The summed E-state index contributed by atoms with van der Waals surface area (Å²) >= 11 is 0. The van der Waals surface area contributed by atoms with E-state index in [4.69, 9.17) is 0 Å². The third kappa shape index (κ3) is 3.21. The van der Waals surface area contributed by atoms with Gasteiger partial charge in [-0.2, -0.15) is 14.9 Å². The SMILES string of the molecule is Cc1ccccc1-n1nc2c3c(F)cccc3n(Cc3ccc(-n4cccn4)cc3)cc-2c1=O. The summed E-state index contributed by atoms with van der Waals surface area (Å²) in [5.41, 5.74) is 4.74. The molecule has 0 unspecified atom stereocenters. The summed E-state index contributed by atoms with van der Waals surface area (Å²) in [7, 11) is 0. The molecule has 34 heavy (non-hydrogen) atoms. The summed E-state index contributed by atoms with van der Waals surface area (Å²) in [6, 6.07) is 22.3. The molecule has 0 amide bonds. The lowest BCUT2D eigenvalue weighted by molar-refractivity contribution is 0.638. The molecule has 0 saturated carbocycles. The molecule has 6 rings (SSSR count). The molecular formula is C27H20FN5O. The van der Waals surface area contributed by atoms with Crippen LogP contribution in [0.2, 0.25) is 0 Å². The van der Waals surface area contributed by atoms with Crippen molar-refractivity contribution in [2.24, 2.45) is 0 Å². The maximum Gasteiger partial charge on any atom is 0.282 e. The minimum Gasteiger partial charge on any atom is -0.342 e. The largest absolute Gasteiger partial charge is 0.342 e. The molecule has 4 aromatic rings. The first-order chi connectivity index (χ1) is 16.6. The number of fused-ring (bicyclic) bond motifs is 3. The van der Waals surface area contributed by atoms with Gasteiger partial charge in [0.25, 0.3) is 5.56 Å². The van der Waals surface area contributed by atoms with E-state index in [1.54, 1.807) is 23.1 Å². The number of pyridine rings is 1. The summed E-state index contributed by atoms with van der Waals surface area (Å²) in [5.74, 6) is -0.402. The number of benzene rings is 3. The summed E-state index contributed by atoms with van der Waals surface area (Å²) in [6.45, 7) is 2.40. The minimum absolute atomic E-state index is 0.266. The van der Waals surface area contributed by atoms with Crippen LogP contribution in [0.4, 0.5) is 4.39 Å². The van der Waals surface area contributed by atoms with Crippen LogP contribution >= 0.6 is 0 Å². The highest BCUT2D eigenvalue weighted by Gasteiger charge is 2.23. The lowest BCUT2D eigenvalue weighted by Crippen LogP contribution is -2.16. The Morgan fingerprint density at radius 3 is 2.53 bits per heavy atom. The van der Waals surface area contributed by atoms with Gasteiger partial charge in [-0.15, -0.1) is 0 Å². The molecule has 0 atom stereocenters. The van der Waals surface area contributed by atoms with Crippen LogP contribution in [0, 0.1) is 12.7 Å². The number of hydrogen-bond acceptors (Lipinski definition) is 3. The minimum atomic E-state index is -0.402. The van der Waals surface area contributed by atoms with Crippen molar-refractivity contribution in [1.82, 2.24) is 24.1 Å². The Balaban J connectivity index is 1.51. The van der Waals surface area contributed by atoms with Crippen molar-refractivity contribution < 1.29 is 4.39 Å². The molecule has 0 spiro atoms. The van der Waals surface area contributed by atoms with Gasteiger partial charge >= 0.3 is 0 Å². The second kappa shape index (κ2) is 7.81. The zero-order valence-electron chi connectivity index (χ0n) is 18.4. The van der Waals surface area contributed by atoms with Gasteiger partial charge in [-0.3, -0.25) is 4.79 Å². The normalized spacial score (nSPS) is 11.5. The Kier molecular flexibility index (Phi) is 4.62. The highest BCUT2D eigenvalue weighted by molar-refractivity contribution is 5.94. The number of halogens is 1. The van der Waals surface area contributed by atoms with Gasteiger partial charge in [-0.25, -0.2) is 9.07 Å². The smallest absolute Gasteiger partial charge is 0.282 e. The van der Waals surface area contributed by atoms with Crippen LogP contribution in [0.1, 0.15) is 11.1 Å². The maximum atomic E-state index is 15.1. The molecule has 0 aliphatic carbocycles. The summed E-state index contributed by atoms with van der Waals surface area (Å²) < 4.78 is 20.2. The van der Waals surface area contributed by atoms with Gasteiger partial charge in [0.1, 0.15) is 11.5 Å². The number of aromatic nitrogens is 5. The molecule has 0 radical (unpaired) electrons. The molecule has 2 aliphatic rings. The lowest BCUT2D eigenvalue weighted by atomic mass is 10.1. The molecule has 1 aromatic heterocycles. The molecule has 3 aromatic carbocycles. The van der Waals surface area contributed by atoms with Crippen molar-refractivity contribution >= 4 is 10.9 Å². The highest BCUT2D eigenvalue weighted by atomic mass is 19.1. The van der Waals surface area contributed by atoms with Crippen LogP contribution < -0.4 is 5.56 Å². The Labute approximate surface area is 194 Å². The summed E-state index contributed by atoms with van der Waals surface area (Å²) in [6.07, 6.45) is 5.40. The van der Waals surface area contributed by atoms with E-state index in [9.17, 15) is 4.79 Å². The first kappa shape index (κ1) is 20.1. The van der Waals surface area contributed by atoms with Gasteiger partial charge in [0.15, 0.2) is 0 Å². The second-order valence-corrected chi connectivity index (χ2v) is 8.27. The van der Waals surface area contributed by atoms with E-state index in [0.717, 1.165) is 16.8 Å². The van der Waals surface area contributed by atoms with Crippen molar-refractivity contribution in [2.45, 2.75) is 13.5 Å². The van der Waals surface area contributed by atoms with Gasteiger partial charge in [0, 0.05) is 25.1 Å². The second-order valence-electron chi connectivity index (χ2n) is 8.27. The predicted octanol–water partition coefficient (Wildman–Crippen LogP) is 4.97. The van der Waals surface area contributed by atoms with E-state index < -0.39 is 5.82 Å². The molecule has 2 aliphatic heterocycles. The van der Waals surface area contributed by atoms with Gasteiger partial charge in [0.05, 0.1) is 27.8 Å². The van der Waals surface area contributed by atoms with Crippen LogP contribution in [-0.2, 0) is 6.54 Å². The number of rotatable bonds is 4. The molecule has 6 nitrogen and oxygen atoms in total. The topological polar surface area (TPSA) is 57.6 Å². The van der Waals surface area contributed by atoms with Gasteiger partial charge in [0.2, 0.25) is 0 Å². The summed E-state index contributed by atoms with van der Waals surface area (Å²) in [4.78, 5) is 13.4. The molecule has 7 heteroatoms. The van der Waals surface area contributed by atoms with Gasteiger partial charge < -0.3 is 4.57 Å². The fourth-order valence-corrected chi connectivity index (χ4v) is 4.40. The van der Waals surface area contributed by atoms with Gasteiger partial charge in [-0.1, -0.05) is 36.4 Å². The Hall–Kier alpha value is -4.52. The number of para-hydroxylation sites is 1. The van der Waals surface area contributed by atoms with E-state index in [1.807, 2.05) is 78.4 Å². The molecule has 166 valence electrons. The number of aryl methyl sites for hydroxylation is 1. The molecular weight excluding hydrogens is 429 g/mol. The zero-order valence-corrected chi connectivity index (χ0v) is 18.4. The monoisotopic (exact) mass is 449 g/mol. The third-order valence-corrected chi connectivity index (χ3v) is 6.10. The molecule has 0 fully saturated rings. The quantitative estimate of drug-likeness (QED) is 0.382. The standard InChI is InChI=1S/C27H20FN5O/c1-18-6-2-3-8-23(18)33-27(34)21-17-31(24-9-4-7-22(28)25(24)26(21)30-33)16-19-10-12-20(13-11-19)32-15-5-14-29-32/h2-15,17H,16H2,1H3. The molecule has 3 heterocycles. The van der Waals surface area contributed by atoms with Crippen LogP contribution in [0.3, 0.4) is 0 Å². The molecule has 0 N–H and O–H groups in total. The van der Waals surface area contributed by atoms with Crippen molar-refractivity contribution in [3.8, 4) is 22.6 Å². The Bertz CT molecular complexity index is 1660. The number of nitrogens with zero attached hydrogens (tertiary/aromatic N) is 5. The van der Waals surface area contributed by atoms with Crippen LogP contribution in [0.5, 0.6) is 0 Å². The van der Waals surface area contributed by atoms with E-state index in [0.29, 0.717) is 34.4 Å². The lowest BCUT2D eigenvalue weighted by Gasteiger charge is -2.14. The van der Waals surface area contributed by atoms with Crippen LogP contribution in [-0.4, -0.2) is 24.1 Å². The highest BCUT2D eigenvalue weighted by Crippen LogP contribution is 2.31. The van der Waals surface area contributed by atoms with E-state index in [1.165, 1.54) is 10.7 Å². The van der Waals surface area contributed by atoms with Crippen molar-refractivity contribution in [3.63, 3.8) is 0 Å². The average Bonchev–Trinajstić information content (AvgIpc) is 3.49. The van der Waals surface area contributed by atoms with E-state index >= 15 is 4.39 Å². The first-order valence-electron chi connectivity index (χ1n) is 11.0. The predicted molar refractivity (Wildman–Crippen MR) is 129 cm³/mol.